The van der Waals surface area contributed by atoms with E-state index in [1.807, 2.05) is 6.92 Å². The van der Waals surface area contributed by atoms with Crippen molar-refractivity contribution in [2.45, 2.75) is 90.4 Å². The topological polar surface area (TPSA) is 44.8 Å². The van der Waals surface area contributed by atoms with Gasteiger partial charge in [-0.2, -0.15) is 0 Å². The van der Waals surface area contributed by atoms with Crippen molar-refractivity contribution >= 4 is 5.78 Å². The molecule has 0 bridgehead atoms. The molecule has 0 N–H and O–H groups in total. The Morgan fingerprint density at radius 1 is 0.960 bits per heavy atom. The molecule has 4 nitrogen and oxygen atoms in total. The van der Waals surface area contributed by atoms with Crippen molar-refractivity contribution in [3.8, 4) is 0 Å². The van der Waals surface area contributed by atoms with Gasteiger partial charge in [-0.3, -0.25) is 4.79 Å². The Kier molecular flexibility index (Phi) is 11.5. The average molecular weight is 357 g/mol. The molecular weight excluding hydrogens is 316 g/mol. The van der Waals surface area contributed by atoms with Crippen molar-refractivity contribution < 1.29 is 19.0 Å². The molecule has 0 aliphatic heterocycles. The molecule has 0 aliphatic rings. The fourth-order valence-electron chi connectivity index (χ4n) is 3.77. The molecule has 0 heterocycles. The highest BCUT2D eigenvalue weighted by Crippen LogP contribution is 2.43. The van der Waals surface area contributed by atoms with Crippen LogP contribution in [0.15, 0.2) is 12.2 Å². The van der Waals surface area contributed by atoms with Gasteiger partial charge in [0.05, 0.1) is 5.92 Å². The monoisotopic (exact) mass is 356 g/mol. The van der Waals surface area contributed by atoms with Gasteiger partial charge in [0.15, 0.2) is 11.6 Å². The smallest absolute Gasteiger partial charge is 0.194 e. The van der Waals surface area contributed by atoms with E-state index < -0.39 is 11.4 Å². The van der Waals surface area contributed by atoms with E-state index in [0.29, 0.717) is 12.0 Å². The van der Waals surface area contributed by atoms with Crippen LogP contribution in [0.5, 0.6) is 0 Å². The molecule has 2 unspecified atom stereocenters. The summed E-state index contributed by atoms with van der Waals surface area (Å²) in [5.74, 6) is -1.29. The van der Waals surface area contributed by atoms with Crippen molar-refractivity contribution in [2.24, 2.45) is 5.92 Å². The van der Waals surface area contributed by atoms with Crippen molar-refractivity contribution in [1.82, 2.24) is 0 Å². The molecule has 0 rings (SSSR count). The van der Waals surface area contributed by atoms with E-state index in [9.17, 15) is 4.79 Å². The number of hydrogen-bond acceptors (Lipinski definition) is 4. The highest BCUT2D eigenvalue weighted by molar-refractivity contribution is 5.97. The molecule has 0 aromatic carbocycles. The normalized spacial score (nSPS) is 15.6. The summed E-state index contributed by atoms with van der Waals surface area (Å²) >= 11 is 0. The van der Waals surface area contributed by atoms with Crippen LogP contribution < -0.4 is 0 Å². The average Bonchev–Trinajstić information content (AvgIpc) is 2.61. The maximum atomic E-state index is 13.0. The second-order valence-corrected chi connectivity index (χ2v) is 7.10. The summed E-state index contributed by atoms with van der Waals surface area (Å²) in [6.45, 7) is 11.8. The lowest BCUT2D eigenvalue weighted by Gasteiger charge is -2.49. The predicted octanol–water partition coefficient (Wildman–Crippen LogP) is 5.30. The molecule has 0 saturated heterocycles. The van der Waals surface area contributed by atoms with E-state index in [0.717, 1.165) is 25.7 Å². The van der Waals surface area contributed by atoms with Gasteiger partial charge in [0.25, 0.3) is 0 Å². The van der Waals surface area contributed by atoms with E-state index in [4.69, 9.17) is 14.2 Å². The zero-order valence-corrected chi connectivity index (χ0v) is 17.6. The highest BCUT2D eigenvalue weighted by Gasteiger charge is 2.56. The Hall–Kier alpha value is -0.710. The number of unbranched alkanes of at least 4 members (excludes halogenated alkanes) is 4. The Bertz CT molecular complexity index is 401. The van der Waals surface area contributed by atoms with E-state index in [1.165, 1.54) is 19.3 Å². The number of ketones is 1. The van der Waals surface area contributed by atoms with Gasteiger partial charge in [0.2, 0.25) is 0 Å². The molecule has 0 amide bonds. The summed E-state index contributed by atoms with van der Waals surface area (Å²) in [6.07, 6.45) is 8.05. The molecule has 2 atom stereocenters. The largest absolute Gasteiger partial charge is 0.372 e. The molecule has 0 saturated carbocycles. The zero-order valence-electron chi connectivity index (χ0n) is 17.6. The van der Waals surface area contributed by atoms with Crippen LogP contribution in [-0.4, -0.2) is 38.5 Å². The molecule has 148 valence electrons. The second-order valence-electron chi connectivity index (χ2n) is 7.10. The molecule has 0 aromatic heterocycles. The van der Waals surface area contributed by atoms with Crippen LogP contribution in [-0.2, 0) is 19.0 Å². The van der Waals surface area contributed by atoms with Crippen LogP contribution in [0, 0.1) is 5.92 Å². The first-order valence-electron chi connectivity index (χ1n) is 9.65. The van der Waals surface area contributed by atoms with Crippen LogP contribution >= 0.6 is 0 Å². The highest BCUT2D eigenvalue weighted by atomic mass is 16.7. The zero-order chi connectivity index (χ0) is 19.5. The van der Waals surface area contributed by atoms with Gasteiger partial charge >= 0.3 is 0 Å². The number of carbonyl (C=O) groups excluding carboxylic acids is 1. The third-order valence-corrected chi connectivity index (χ3v) is 5.43. The van der Waals surface area contributed by atoms with Gasteiger partial charge in [0.1, 0.15) is 5.60 Å². The van der Waals surface area contributed by atoms with Crippen molar-refractivity contribution in [2.75, 3.05) is 21.3 Å². The van der Waals surface area contributed by atoms with Gasteiger partial charge in [-0.15, -0.1) is 0 Å². The number of ether oxygens (including phenoxy) is 3. The lowest BCUT2D eigenvalue weighted by atomic mass is 9.71. The maximum Gasteiger partial charge on any atom is 0.194 e. The lowest BCUT2D eigenvalue weighted by Crippen LogP contribution is -2.62. The van der Waals surface area contributed by atoms with Gasteiger partial charge in [-0.05, 0) is 32.3 Å². The number of rotatable bonds is 15. The van der Waals surface area contributed by atoms with Gasteiger partial charge in [-0.25, -0.2) is 0 Å². The van der Waals surface area contributed by atoms with Crippen LogP contribution in [0.4, 0.5) is 0 Å². The van der Waals surface area contributed by atoms with E-state index in [1.54, 1.807) is 28.3 Å². The van der Waals surface area contributed by atoms with E-state index in [2.05, 4.69) is 20.4 Å². The van der Waals surface area contributed by atoms with Crippen LogP contribution in [0.2, 0.25) is 0 Å². The first-order chi connectivity index (χ1) is 11.8. The molecule has 0 aliphatic carbocycles. The first kappa shape index (κ1) is 24.3. The Morgan fingerprint density at radius 3 is 1.92 bits per heavy atom. The molecule has 0 radical (unpaired) electrons. The number of Topliss-reactive ketones (excluding diaryl/α,β-unsaturated/α-hetero) is 1. The third-order valence-electron chi connectivity index (χ3n) is 5.43. The first-order valence-corrected chi connectivity index (χ1v) is 9.65. The molecule has 4 heteroatoms. The van der Waals surface area contributed by atoms with Crippen molar-refractivity contribution in [3.63, 3.8) is 0 Å². The molecule has 0 fully saturated rings. The fraction of sp³-hybridized carbons (Fsp3) is 0.857. The minimum Gasteiger partial charge on any atom is -0.372 e. The third kappa shape index (κ3) is 5.90. The van der Waals surface area contributed by atoms with Crippen LogP contribution in [0.3, 0.4) is 0 Å². The van der Waals surface area contributed by atoms with Crippen LogP contribution in [0.1, 0.15) is 79.1 Å². The quantitative estimate of drug-likeness (QED) is 0.227. The molecule has 0 aromatic rings. The number of methoxy groups -OCH3 is 3. The number of hydrogen-bond donors (Lipinski definition) is 0. The van der Waals surface area contributed by atoms with Crippen LogP contribution in [0.25, 0.3) is 0 Å². The molecular formula is C21H40O4. The van der Waals surface area contributed by atoms with Crippen molar-refractivity contribution in [3.05, 3.63) is 12.2 Å². The van der Waals surface area contributed by atoms with Gasteiger partial charge in [0, 0.05) is 21.3 Å². The fourth-order valence-corrected chi connectivity index (χ4v) is 3.77. The summed E-state index contributed by atoms with van der Waals surface area (Å²) in [4.78, 5) is 13.0. The molecule has 0 spiro atoms. The lowest BCUT2D eigenvalue weighted by molar-refractivity contribution is -0.313. The maximum absolute atomic E-state index is 13.0. The van der Waals surface area contributed by atoms with Gasteiger partial charge < -0.3 is 14.2 Å². The Balaban J connectivity index is 5.74. The van der Waals surface area contributed by atoms with E-state index >= 15 is 0 Å². The summed E-state index contributed by atoms with van der Waals surface area (Å²) < 4.78 is 17.5. The summed E-state index contributed by atoms with van der Waals surface area (Å²) in [5.41, 5.74) is -0.280. The predicted molar refractivity (Wildman–Crippen MR) is 104 cm³/mol. The summed E-state index contributed by atoms with van der Waals surface area (Å²) in [5, 5.41) is 0. The SMILES string of the molecule is C=C(C)C(=O)C(CCCCCCC)C(CCC)(OC)C(C)(OC)OC. The second kappa shape index (κ2) is 11.8. The Labute approximate surface area is 155 Å². The van der Waals surface area contributed by atoms with Gasteiger partial charge in [-0.1, -0.05) is 59.0 Å². The number of carbonyl (C=O) groups is 1. The standard InChI is InChI=1S/C21H40O4/c1-9-11-12-13-14-15-18(19(22)17(3)4)21(25-8,16-10-2)20(5,23-6)24-7/h18H,3,9-16H2,1-2,4-8H3. The summed E-state index contributed by atoms with van der Waals surface area (Å²) in [6, 6.07) is 0. The minimum absolute atomic E-state index is 0.0473. The summed E-state index contributed by atoms with van der Waals surface area (Å²) in [7, 11) is 4.87. The van der Waals surface area contributed by atoms with Crippen molar-refractivity contribution in [1.29, 1.82) is 0 Å². The Morgan fingerprint density at radius 2 is 1.52 bits per heavy atom. The minimum atomic E-state index is -1.00. The van der Waals surface area contributed by atoms with E-state index in [-0.39, 0.29) is 11.7 Å². The number of allylic oxidation sites excluding steroid dienone is 1. The molecule has 25 heavy (non-hydrogen) atoms.